The molecule has 0 aromatic heterocycles. The molecule has 0 aliphatic carbocycles. The van der Waals surface area contributed by atoms with Crippen LogP contribution < -0.4 is 5.73 Å². The molecule has 0 aromatic carbocycles. The van der Waals surface area contributed by atoms with Gasteiger partial charge in [-0.2, -0.15) is 0 Å². The quantitative estimate of drug-likeness (QED) is 0.648. The number of aliphatic imine (C=N–C) groups is 1. The van der Waals surface area contributed by atoms with Crippen LogP contribution in [0.3, 0.4) is 0 Å². The Hall–Kier alpha value is -0.730. The highest BCUT2D eigenvalue weighted by atomic mass is 16.5. The van der Waals surface area contributed by atoms with E-state index in [1.54, 1.807) is 0 Å². The van der Waals surface area contributed by atoms with Crippen LogP contribution in [-0.2, 0) is 4.74 Å². The van der Waals surface area contributed by atoms with Crippen LogP contribution >= 0.6 is 0 Å². The van der Waals surface area contributed by atoms with Gasteiger partial charge in [-0.15, -0.1) is 0 Å². The zero-order chi connectivity index (χ0) is 9.35. The molecular weight excluding hydrogens is 152 g/mol. The van der Waals surface area contributed by atoms with Gasteiger partial charge in [-0.25, -0.2) is 4.99 Å². The van der Waals surface area contributed by atoms with Crippen molar-refractivity contribution in [2.75, 3.05) is 0 Å². The largest absolute Gasteiger partial charge is 0.462 e. The SMILES string of the molecule is CCC1C(C)OC(N)=NC1(C)C. The fourth-order valence-corrected chi connectivity index (χ4v) is 2.07. The van der Waals surface area contributed by atoms with Gasteiger partial charge in [-0.3, -0.25) is 0 Å². The topological polar surface area (TPSA) is 47.6 Å². The molecule has 2 unspecified atom stereocenters. The molecule has 1 heterocycles. The highest BCUT2D eigenvalue weighted by molar-refractivity contribution is 5.72. The zero-order valence-electron chi connectivity index (χ0n) is 8.29. The molecule has 2 N–H and O–H groups in total. The second kappa shape index (κ2) is 2.96. The van der Waals surface area contributed by atoms with E-state index in [0.717, 1.165) is 6.42 Å². The van der Waals surface area contributed by atoms with Crippen LogP contribution in [0.15, 0.2) is 4.99 Å². The predicted octanol–water partition coefficient (Wildman–Crippen LogP) is 1.52. The van der Waals surface area contributed by atoms with Gasteiger partial charge in [0.1, 0.15) is 6.10 Å². The predicted molar refractivity (Wildman–Crippen MR) is 50.0 cm³/mol. The van der Waals surface area contributed by atoms with E-state index >= 15 is 0 Å². The van der Waals surface area contributed by atoms with E-state index in [0.29, 0.717) is 11.9 Å². The summed E-state index contributed by atoms with van der Waals surface area (Å²) in [6.07, 6.45) is 1.26. The van der Waals surface area contributed by atoms with Crippen LogP contribution in [0, 0.1) is 5.92 Å². The molecule has 0 fully saturated rings. The van der Waals surface area contributed by atoms with E-state index in [1.807, 2.05) is 0 Å². The van der Waals surface area contributed by atoms with E-state index in [2.05, 4.69) is 32.7 Å². The molecule has 3 nitrogen and oxygen atoms in total. The lowest BCUT2D eigenvalue weighted by Gasteiger charge is -2.38. The van der Waals surface area contributed by atoms with Crippen molar-refractivity contribution in [2.45, 2.75) is 45.8 Å². The maximum atomic E-state index is 5.55. The van der Waals surface area contributed by atoms with E-state index in [9.17, 15) is 0 Å². The number of hydrogen-bond acceptors (Lipinski definition) is 3. The molecule has 70 valence electrons. The number of hydrogen-bond donors (Lipinski definition) is 1. The minimum absolute atomic E-state index is 0.0729. The van der Waals surface area contributed by atoms with Crippen LogP contribution in [0.5, 0.6) is 0 Å². The Kier molecular flexibility index (Phi) is 2.31. The Morgan fingerprint density at radius 2 is 2.17 bits per heavy atom. The Morgan fingerprint density at radius 1 is 1.58 bits per heavy atom. The van der Waals surface area contributed by atoms with Crippen molar-refractivity contribution in [3.63, 3.8) is 0 Å². The smallest absolute Gasteiger partial charge is 0.282 e. The van der Waals surface area contributed by atoms with Crippen LogP contribution in [0.4, 0.5) is 0 Å². The molecule has 3 heteroatoms. The van der Waals surface area contributed by atoms with Gasteiger partial charge in [0.05, 0.1) is 5.54 Å². The van der Waals surface area contributed by atoms with Crippen LogP contribution in [0.25, 0.3) is 0 Å². The molecular formula is C9H18N2O. The number of nitrogens with two attached hydrogens (primary N) is 1. The van der Waals surface area contributed by atoms with Gasteiger partial charge >= 0.3 is 0 Å². The lowest BCUT2D eigenvalue weighted by atomic mass is 9.81. The van der Waals surface area contributed by atoms with Crippen molar-refractivity contribution in [2.24, 2.45) is 16.6 Å². The summed E-state index contributed by atoms with van der Waals surface area (Å²) in [7, 11) is 0. The second-order valence-corrected chi connectivity index (χ2v) is 3.94. The summed E-state index contributed by atoms with van der Waals surface area (Å²) in [4.78, 5) is 4.29. The highest BCUT2D eigenvalue weighted by Crippen LogP contribution is 2.32. The van der Waals surface area contributed by atoms with Crippen LogP contribution in [0.1, 0.15) is 34.1 Å². The van der Waals surface area contributed by atoms with Crippen molar-refractivity contribution in [3.8, 4) is 0 Å². The van der Waals surface area contributed by atoms with Gasteiger partial charge in [0.25, 0.3) is 6.02 Å². The Labute approximate surface area is 74.0 Å². The average Bonchev–Trinajstić information content (AvgIpc) is 1.82. The first-order valence-corrected chi connectivity index (χ1v) is 4.49. The molecule has 1 rings (SSSR count). The van der Waals surface area contributed by atoms with Gasteiger partial charge in [0.15, 0.2) is 0 Å². The Morgan fingerprint density at radius 3 is 2.58 bits per heavy atom. The first-order valence-electron chi connectivity index (χ1n) is 4.49. The van der Waals surface area contributed by atoms with Crippen molar-refractivity contribution in [1.82, 2.24) is 0 Å². The number of rotatable bonds is 1. The minimum Gasteiger partial charge on any atom is -0.462 e. The summed E-state index contributed by atoms with van der Waals surface area (Å²) in [5.41, 5.74) is 5.47. The van der Waals surface area contributed by atoms with Crippen molar-refractivity contribution in [1.29, 1.82) is 0 Å². The summed E-state index contributed by atoms with van der Waals surface area (Å²) >= 11 is 0. The molecule has 0 saturated heterocycles. The molecule has 0 bridgehead atoms. The third-order valence-electron chi connectivity index (χ3n) is 2.62. The van der Waals surface area contributed by atoms with Crippen molar-refractivity contribution < 1.29 is 4.74 Å². The number of amidine groups is 1. The molecule has 0 amide bonds. The van der Waals surface area contributed by atoms with Gasteiger partial charge in [-0.1, -0.05) is 6.92 Å². The maximum absolute atomic E-state index is 5.55. The van der Waals surface area contributed by atoms with Gasteiger partial charge < -0.3 is 10.5 Å². The van der Waals surface area contributed by atoms with Crippen LogP contribution in [-0.4, -0.2) is 17.7 Å². The molecule has 2 atom stereocenters. The standard InChI is InChI=1S/C9H18N2O/c1-5-7-6(2)12-8(10)11-9(7,3)4/h6-7H,5H2,1-4H3,(H2,10,11). The summed E-state index contributed by atoms with van der Waals surface area (Å²) < 4.78 is 5.35. The normalized spacial score (nSPS) is 33.8. The van der Waals surface area contributed by atoms with E-state index in [4.69, 9.17) is 10.5 Å². The zero-order valence-corrected chi connectivity index (χ0v) is 8.29. The lowest BCUT2D eigenvalue weighted by molar-refractivity contribution is 0.0667. The third-order valence-corrected chi connectivity index (χ3v) is 2.62. The first-order chi connectivity index (χ1) is 5.47. The molecule has 1 aliphatic heterocycles. The number of ether oxygens (including phenoxy) is 1. The summed E-state index contributed by atoms with van der Waals surface area (Å²) in [6, 6.07) is 0.331. The average molecular weight is 170 g/mol. The summed E-state index contributed by atoms with van der Waals surface area (Å²) in [5.74, 6) is 0.463. The fourth-order valence-electron chi connectivity index (χ4n) is 2.07. The Bertz CT molecular complexity index is 199. The monoisotopic (exact) mass is 170 g/mol. The molecule has 0 spiro atoms. The first kappa shape index (κ1) is 9.36. The molecule has 0 aromatic rings. The summed E-state index contributed by atoms with van der Waals surface area (Å²) in [6.45, 7) is 8.42. The molecule has 1 aliphatic rings. The lowest BCUT2D eigenvalue weighted by Crippen LogP contribution is -2.46. The highest BCUT2D eigenvalue weighted by Gasteiger charge is 2.37. The number of nitrogens with zero attached hydrogens (tertiary/aromatic N) is 1. The van der Waals surface area contributed by atoms with Crippen molar-refractivity contribution >= 4 is 6.02 Å². The summed E-state index contributed by atoms with van der Waals surface area (Å²) in [5, 5.41) is 0. The molecule has 0 radical (unpaired) electrons. The third kappa shape index (κ3) is 1.54. The molecule has 12 heavy (non-hydrogen) atoms. The van der Waals surface area contributed by atoms with E-state index in [1.165, 1.54) is 0 Å². The van der Waals surface area contributed by atoms with E-state index < -0.39 is 0 Å². The fraction of sp³-hybridized carbons (Fsp3) is 0.889. The van der Waals surface area contributed by atoms with Crippen LogP contribution in [0.2, 0.25) is 0 Å². The maximum Gasteiger partial charge on any atom is 0.282 e. The Balaban J connectivity index is 2.88. The molecule has 0 saturated carbocycles. The minimum atomic E-state index is -0.0729. The second-order valence-electron chi connectivity index (χ2n) is 3.94. The van der Waals surface area contributed by atoms with Gasteiger partial charge in [0, 0.05) is 5.92 Å². The van der Waals surface area contributed by atoms with Crippen molar-refractivity contribution in [3.05, 3.63) is 0 Å². The van der Waals surface area contributed by atoms with E-state index in [-0.39, 0.29) is 11.6 Å². The van der Waals surface area contributed by atoms with Gasteiger partial charge in [-0.05, 0) is 27.2 Å². The van der Waals surface area contributed by atoms with Gasteiger partial charge in [0.2, 0.25) is 0 Å².